The lowest BCUT2D eigenvalue weighted by molar-refractivity contribution is -0.136. The normalized spacial score (nSPS) is 10.1. The third kappa shape index (κ3) is 3.52. The number of aromatic nitrogens is 2. The molecule has 2 rings (SSSR count). The fourth-order valence-corrected chi connectivity index (χ4v) is 1.69. The van der Waals surface area contributed by atoms with Crippen LogP contribution < -0.4 is 5.32 Å². The van der Waals surface area contributed by atoms with E-state index in [1.807, 2.05) is 0 Å². The molecule has 0 fully saturated rings. The van der Waals surface area contributed by atoms with Crippen molar-refractivity contribution in [2.75, 3.05) is 5.32 Å². The van der Waals surface area contributed by atoms with Gasteiger partial charge < -0.3 is 10.4 Å². The molecule has 102 valence electrons. The van der Waals surface area contributed by atoms with E-state index in [1.54, 1.807) is 6.07 Å². The Morgan fingerprint density at radius 3 is 2.65 bits per heavy atom. The van der Waals surface area contributed by atoms with Crippen LogP contribution in [0.4, 0.5) is 5.69 Å². The van der Waals surface area contributed by atoms with Gasteiger partial charge in [-0.1, -0.05) is 11.6 Å². The second kappa shape index (κ2) is 6.12. The number of pyridine rings is 2. The van der Waals surface area contributed by atoms with Gasteiger partial charge in [0.1, 0.15) is 0 Å². The maximum Gasteiger partial charge on any atom is 0.309 e. The second-order valence-electron chi connectivity index (χ2n) is 3.92. The maximum atomic E-state index is 11.9. The Hall–Kier alpha value is -2.47. The van der Waals surface area contributed by atoms with Crippen LogP contribution in [0.25, 0.3) is 0 Å². The molecular weight excluding hydrogens is 282 g/mol. The number of halogens is 1. The number of carboxylic acids is 1. The minimum Gasteiger partial charge on any atom is -0.481 e. The predicted octanol–water partition coefficient (Wildman–Crippen LogP) is 2.01. The molecule has 0 bridgehead atoms. The molecule has 0 saturated heterocycles. The van der Waals surface area contributed by atoms with E-state index in [-0.39, 0.29) is 12.0 Å². The van der Waals surface area contributed by atoms with Crippen LogP contribution in [-0.2, 0) is 11.2 Å². The summed E-state index contributed by atoms with van der Waals surface area (Å²) in [5, 5.41) is 11.5. The molecule has 0 atom stereocenters. The highest BCUT2D eigenvalue weighted by Gasteiger charge is 2.10. The number of amides is 1. The molecule has 7 heteroatoms. The van der Waals surface area contributed by atoms with Gasteiger partial charge in [-0.05, 0) is 18.2 Å². The van der Waals surface area contributed by atoms with Gasteiger partial charge in [-0.3, -0.25) is 19.6 Å². The first-order valence-electron chi connectivity index (χ1n) is 5.64. The van der Waals surface area contributed by atoms with E-state index >= 15 is 0 Å². The van der Waals surface area contributed by atoms with E-state index in [4.69, 9.17) is 16.7 Å². The van der Waals surface area contributed by atoms with Crippen LogP contribution in [0, 0.1) is 0 Å². The fraction of sp³-hybridized carbons (Fsp3) is 0.0769. The number of rotatable bonds is 4. The van der Waals surface area contributed by atoms with Crippen LogP contribution >= 0.6 is 11.6 Å². The lowest BCUT2D eigenvalue weighted by atomic mass is 10.2. The molecule has 2 N–H and O–H groups in total. The maximum absolute atomic E-state index is 11.9. The molecule has 0 radical (unpaired) electrons. The second-order valence-corrected chi connectivity index (χ2v) is 4.33. The Kier molecular flexibility index (Phi) is 4.27. The molecule has 1 amide bonds. The molecular formula is C13H10ClN3O3. The first-order valence-corrected chi connectivity index (χ1v) is 6.01. The van der Waals surface area contributed by atoms with Crippen molar-refractivity contribution in [3.8, 4) is 0 Å². The van der Waals surface area contributed by atoms with E-state index in [1.165, 1.54) is 30.7 Å². The minimum absolute atomic E-state index is 0.164. The number of hydrogen-bond acceptors (Lipinski definition) is 4. The Morgan fingerprint density at radius 1 is 1.25 bits per heavy atom. The van der Waals surface area contributed by atoms with Crippen molar-refractivity contribution < 1.29 is 14.7 Å². The lowest BCUT2D eigenvalue weighted by Gasteiger charge is -2.06. The van der Waals surface area contributed by atoms with Crippen molar-refractivity contribution in [3.63, 3.8) is 0 Å². The van der Waals surface area contributed by atoms with E-state index in [0.29, 0.717) is 16.4 Å². The van der Waals surface area contributed by atoms with E-state index in [2.05, 4.69) is 15.3 Å². The molecule has 0 unspecified atom stereocenters. The van der Waals surface area contributed by atoms with Crippen molar-refractivity contribution in [2.45, 2.75) is 6.42 Å². The highest BCUT2D eigenvalue weighted by Crippen LogP contribution is 2.15. The smallest absolute Gasteiger partial charge is 0.309 e. The number of nitrogens with one attached hydrogen (secondary N) is 1. The number of carbonyl (C=O) groups excluding carboxylic acids is 1. The summed E-state index contributed by atoms with van der Waals surface area (Å²) < 4.78 is 0. The average Bonchev–Trinajstić information content (AvgIpc) is 2.41. The van der Waals surface area contributed by atoms with Gasteiger partial charge in [0, 0.05) is 12.4 Å². The number of carboxylic acid groups (broad SMARTS) is 1. The highest BCUT2D eigenvalue weighted by atomic mass is 35.5. The Labute approximate surface area is 119 Å². The fourth-order valence-electron chi connectivity index (χ4n) is 1.50. The molecule has 0 saturated carbocycles. The summed E-state index contributed by atoms with van der Waals surface area (Å²) in [5.41, 5.74) is 1.11. The number of anilines is 1. The molecule has 20 heavy (non-hydrogen) atoms. The molecule has 6 nitrogen and oxygen atoms in total. The Bertz CT molecular complexity index is 644. The summed E-state index contributed by atoms with van der Waals surface area (Å²) >= 11 is 5.89. The van der Waals surface area contributed by atoms with E-state index in [0.717, 1.165) is 0 Å². The summed E-state index contributed by atoms with van der Waals surface area (Å²) in [5.74, 6) is -1.37. The highest BCUT2D eigenvalue weighted by molar-refractivity contribution is 6.34. The van der Waals surface area contributed by atoms with Gasteiger partial charge in [-0.25, -0.2) is 0 Å². The molecule has 2 aromatic rings. The van der Waals surface area contributed by atoms with Gasteiger partial charge in [0.25, 0.3) is 5.91 Å². The summed E-state index contributed by atoms with van der Waals surface area (Å²) in [6.45, 7) is 0. The molecule has 0 aliphatic carbocycles. The molecule has 0 aliphatic heterocycles. The average molecular weight is 292 g/mol. The van der Waals surface area contributed by atoms with Gasteiger partial charge in [-0.15, -0.1) is 0 Å². The summed E-state index contributed by atoms with van der Waals surface area (Å²) in [4.78, 5) is 30.2. The van der Waals surface area contributed by atoms with Gasteiger partial charge >= 0.3 is 5.97 Å². The molecule has 2 heterocycles. The van der Waals surface area contributed by atoms with Crippen molar-refractivity contribution >= 4 is 29.2 Å². The first-order chi connectivity index (χ1) is 9.56. The van der Waals surface area contributed by atoms with Gasteiger partial charge in [0.15, 0.2) is 0 Å². The molecule has 0 aliphatic rings. The van der Waals surface area contributed by atoms with Crippen molar-refractivity contribution in [2.24, 2.45) is 0 Å². The lowest BCUT2D eigenvalue weighted by Crippen LogP contribution is -2.13. The predicted molar refractivity (Wildman–Crippen MR) is 72.8 cm³/mol. The molecule has 0 spiro atoms. The number of hydrogen-bond donors (Lipinski definition) is 2. The quantitative estimate of drug-likeness (QED) is 0.899. The van der Waals surface area contributed by atoms with Gasteiger partial charge in [0.05, 0.1) is 34.6 Å². The largest absolute Gasteiger partial charge is 0.481 e. The van der Waals surface area contributed by atoms with Gasteiger partial charge in [0.2, 0.25) is 0 Å². The summed E-state index contributed by atoms with van der Waals surface area (Å²) in [7, 11) is 0. The molecule has 0 aromatic carbocycles. The monoisotopic (exact) mass is 291 g/mol. The number of carbonyl (C=O) groups is 2. The zero-order valence-corrected chi connectivity index (χ0v) is 11.0. The van der Waals surface area contributed by atoms with Crippen LogP contribution in [0.5, 0.6) is 0 Å². The van der Waals surface area contributed by atoms with Gasteiger partial charge in [-0.2, -0.15) is 0 Å². The van der Waals surface area contributed by atoms with Crippen LogP contribution in [-0.4, -0.2) is 27.0 Å². The molecule has 2 aromatic heterocycles. The van der Waals surface area contributed by atoms with Crippen molar-refractivity contribution in [1.29, 1.82) is 0 Å². The number of nitrogens with zero attached hydrogens (tertiary/aromatic N) is 2. The topological polar surface area (TPSA) is 92.2 Å². The van der Waals surface area contributed by atoms with Crippen LogP contribution in [0.3, 0.4) is 0 Å². The van der Waals surface area contributed by atoms with E-state index < -0.39 is 11.9 Å². The van der Waals surface area contributed by atoms with Crippen LogP contribution in [0.1, 0.15) is 16.1 Å². The zero-order valence-electron chi connectivity index (χ0n) is 10.2. The third-order valence-corrected chi connectivity index (χ3v) is 2.76. The summed E-state index contributed by atoms with van der Waals surface area (Å²) in [6.07, 6.45) is 4.08. The Morgan fingerprint density at radius 2 is 2.05 bits per heavy atom. The third-order valence-electron chi connectivity index (χ3n) is 2.43. The minimum atomic E-state index is -0.962. The summed E-state index contributed by atoms with van der Waals surface area (Å²) in [6, 6.07) is 4.63. The number of aliphatic carboxylic acids is 1. The van der Waals surface area contributed by atoms with Crippen molar-refractivity contribution in [3.05, 3.63) is 53.1 Å². The van der Waals surface area contributed by atoms with Crippen LogP contribution in [0.2, 0.25) is 5.02 Å². The van der Waals surface area contributed by atoms with Crippen LogP contribution in [0.15, 0.2) is 36.8 Å². The zero-order chi connectivity index (χ0) is 14.5. The first kappa shape index (κ1) is 14.0. The van der Waals surface area contributed by atoms with E-state index in [9.17, 15) is 9.59 Å². The Balaban J connectivity index is 2.09. The van der Waals surface area contributed by atoms with Crippen molar-refractivity contribution in [1.82, 2.24) is 9.97 Å². The standard InChI is InChI=1S/C13H10ClN3O3/c14-11-3-4-15-7-10(11)13(20)17-9-2-1-8(16-6-9)5-12(18)19/h1-4,6-7H,5H2,(H,17,20)(H,18,19). The SMILES string of the molecule is O=C(O)Cc1ccc(NC(=O)c2cnccc2Cl)cn1.